The van der Waals surface area contributed by atoms with Crippen molar-refractivity contribution in [2.45, 2.75) is 64.3 Å². The number of fused-ring (bicyclic) bond motifs is 1. The van der Waals surface area contributed by atoms with Gasteiger partial charge in [0.15, 0.2) is 18.2 Å². The fraction of sp³-hybridized carbons (Fsp3) is 0.429. The standard InChI is InChI=1S/C35H41N5O7/c1-35(2,3)47-34(43)39-16-6-10-26(39)21-44-27-11-5-9-25(18-27)24-8-4-7-23(17-24)19-36-15-14-28-20-40(33(42)46-28)30-13-12-29-32(37-30)38-31(41)22-45-29/h4-5,7-9,11-13,17-18,26,28,36H,6,10,14-16,19-22H2,1-3H3,(H,37,38,41)/t26?,28-/m0/s1. The van der Waals surface area contributed by atoms with E-state index in [9.17, 15) is 14.4 Å². The summed E-state index contributed by atoms with van der Waals surface area (Å²) in [5, 5.41) is 6.12. The molecule has 2 saturated heterocycles. The van der Waals surface area contributed by atoms with E-state index in [4.69, 9.17) is 18.9 Å². The minimum absolute atomic E-state index is 0.0154. The molecule has 2 atom stereocenters. The van der Waals surface area contributed by atoms with Gasteiger partial charge in [-0.2, -0.15) is 0 Å². The van der Waals surface area contributed by atoms with Gasteiger partial charge in [-0.3, -0.25) is 9.69 Å². The smallest absolute Gasteiger partial charge is 0.415 e. The molecule has 1 aromatic heterocycles. The third-order valence-corrected chi connectivity index (χ3v) is 8.12. The fourth-order valence-electron chi connectivity index (χ4n) is 5.85. The number of carbonyl (C=O) groups excluding carboxylic acids is 3. The molecule has 3 aromatic rings. The first kappa shape index (κ1) is 32.1. The Morgan fingerprint density at radius 1 is 1.09 bits per heavy atom. The van der Waals surface area contributed by atoms with Gasteiger partial charge in [0.05, 0.1) is 12.6 Å². The van der Waals surface area contributed by atoms with Crippen molar-refractivity contribution >= 4 is 29.7 Å². The van der Waals surface area contributed by atoms with Gasteiger partial charge >= 0.3 is 12.2 Å². The van der Waals surface area contributed by atoms with Crippen LogP contribution < -0.4 is 25.0 Å². The molecule has 1 unspecified atom stereocenters. The van der Waals surface area contributed by atoms with Crippen LogP contribution in [0.2, 0.25) is 0 Å². The van der Waals surface area contributed by atoms with E-state index < -0.39 is 11.7 Å². The summed E-state index contributed by atoms with van der Waals surface area (Å²) in [6.45, 7) is 8.35. The zero-order valence-electron chi connectivity index (χ0n) is 27.0. The summed E-state index contributed by atoms with van der Waals surface area (Å²) in [6.07, 6.45) is 1.42. The Hall–Kier alpha value is -4.84. The highest BCUT2D eigenvalue weighted by molar-refractivity contribution is 5.95. The number of anilines is 2. The molecule has 6 rings (SSSR count). The van der Waals surface area contributed by atoms with Crippen LogP contribution in [-0.4, -0.2) is 78.6 Å². The number of amides is 3. The van der Waals surface area contributed by atoms with Gasteiger partial charge in [0.1, 0.15) is 29.9 Å². The molecule has 2 N–H and O–H groups in total. The van der Waals surface area contributed by atoms with E-state index in [-0.39, 0.29) is 30.8 Å². The maximum absolute atomic E-state index is 12.6. The van der Waals surface area contributed by atoms with E-state index in [1.165, 1.54) is 4.90 Å². The molecule has 0 bridgehead atoms. The highest BCUT2D eigenvalue weighted by atomic mass is 16.6. The highest BCUT2D eigenvalue weighted by Crippen LogP contribution is 2.31. The monoisotopic (exact) mass is 643 g/mol. The number of ether oxygens (including phenoxy) is 4. The van der Waals surface area contributed by atoms with Crippen LogP contribution in [0, 0.1) is 0 Å². The molecule has 3 aliphatic heterocycles. The van der Waals surface area contributed by atoms with Gasteiger partial charge in [0, 0.05) is 13.1 Å². The van der Waals surface area contributed by atoms with Gasteiger partial charge in [-0.05, 0) is 93.6 Å². The van der Waals surface area contributed by atoms with E-state index in [1.54, 1.807) is 17.0 Å². The molecule has 0 aliphatic carbocycles. The molecule has 3 aliphatic rings. The zero-order chi connectivity index (χ0) is 33.0. The summed E-state index contributed by atoms with van der Waals surface area (Å²) in [6, 6.07) is 19.7. The Labute approximate surface area is 274 Å². The summed E-state index contributed by atoms with van der Waals surface area (Å²) in [5.74, 6) is 1.65. The number of aromatic nitrogens is 1. The Kier molecular flexibility index (Phi) is 9.48. The summed E-state index contributed by atoms with van der Waals surface area (Å²) in [7, 11) is 0. The third-order valence-electron chi connectivity index (χ3n) is 8.12. The summed E-state index contributed by atoms with van der Waals surface area (Å²) in [4.78, 5) is 44.5. The first-order valence-corrected chi connectivity index (χ1v) is 16.1. The Morgan fingerprint density at radius 2 is 1.89 bits per heavy atom. The predicted octanol–water partition coefficient (Wildman–Crippen LogP) is 5.36. The topological polar surface area (TPSA) is 132 Å². The second-order valence-corrected chi connectivity index (χ2v) is 12.9. The second kappa shape index (κ2) is 13.9. The van der Waals surface area contributed by atoms with E-state index in [1.807, 2.05) is 45.0 Å². The van der Waals surface area contributed by atoms with Gasteiger partial charge in [0.25, 0.3) is 5.91 Å². The molecular formula is C35H41N5O7. The number of nitrogens with one attached hydrogen (secondary N) is 2. The molecule has 12 heteroatoms. The van der Waals surface area contributed by atoms with Gasteiger partial charge < -0.3 is 34.5 Å². The number of hydrogen-bond acceptors (Lipinski definition) is 9. The van der Waals surface area contributed by atoms with Gasteiger partial charge in [-0.25, -0.2) is 14.6 Å². The fourth-order valence-corrected chi connectivity index (χ4v) is 5.85. The Morgan fingerprint density at radius 3 is 2.72 bits per heavy atom. The molecule has 4 heterocycles. The highest BCUT2D eigenvalue weighted by Gasteiger charge is 2.34. The molecule has 2 aromatic carbocycles. The van der Waals surface area contributed by atoms with Gasteiger partial charge in [0.2, 0.25) is 0 Å². The number of carbonyl (C=O) groups is 3. The number of likely N-dealkylation sites (tertiary alicyclic amines) is 1. The molecule has 12 nitrogen and oxygen atoms in total. The molecular weight excluding hydrogens is 602 g/mol. The number of rotatable bonds is 10. The Bertz CT molecular complexity index is 1620. The molecule has 0 spiro atoms. The van der Waals surface area contributed by atoms with E-state index in [2.05, 4.69) is 39.9 Å². The van der Waals surface area contributed by atoms with Crippen molar-refractivity contribution in [3.63, 3.8) is 0 Å². The maximum Gasteiger partial charge on any atom is 0.415 e. The quantitative estimate of drug-likeness (QED) is 0.280. The summed E-state index contributed by atoms with van der Waals surface area (Å²) in [5.41, 5.74) is 2.71. The van der Waals surface area contributed by atoms with Crippen molar-refractivity contribution < 1.29 is 33.3 Å². The lowest BCUT2D eigenvalue weighted by Crippen LogP contribution is -2.42. The largest absolute Gasteiger partial charge is 0.491 e. The number of pyridine rings is 1. The van der Waals surface area contributed by atoms with Crippen LogP contribution >= 0.6 is 0 Å². The van der Waals surface area contributed by atoms with Crippen molar-refractivity contribution in [1.82, 2.24) is 15.2 Å². The van der Waals surface area contributed by atoms with Crippen molar-refractivity contribution in [3.05, 3.63) is 66.2 Å². The van der Waals surface area contributed by atoms with Crippen molar-refractivity contribution in [2.24, 2.45) is 0 Å². The van der Waals surface area contributed by atoms with Gasteiger partial charge in [-0.1, -0.05) is 30.3 Å². The predicted molar refractivity (Wildman–Crippen MR) is 176 cm³/mol. The van der Waals surface area contributed by atoms with E-state index in [0.717, 1.165) is 35.3 Å². The number of cyclic esters (lactones) is 1. The summed E-state index contributed by atoms with van der Waals surface area (Å²) >= 11 is 0. The lowest BCUT2D eigenvalue weighted by atomic mass is 10.0. The van der Waals surface area contributed by atoms with E-state index >= 15 is 0 Å². The van der Waals surface area contributed by atoms with Crippen LogP contribution in [0.25, 0.3) is 11.1 Å². The number of hydrogen-bond donors (Lipinski definition) is 2. The Balaban J connectivity index is 0.977. The van der Waals surface area contributed by atoms with Crippen LogP contribution in [0.15, 0.2) is 60.7 Å². The molecule has 0 saturated carbocycles. The lowest BCUT2D eigenvalue weighted by molar-refractivity contribution is -0.118. The second-order valence-electron chi connectivity index (χ2n) is 12.9. The lowest BCUT2D eigenvalue weighted by Gasteiger charge is -2.28. The average Bonchev–Trinajstić information content (AvgIpc) is 3.67. The minimum Gasteiger partial charge on any atom is -0.491 e. The molecule has 0 radical (unpaired) electrons. The molecule has 248 valence electrons. The minimum atomic E-state index is -0.531. The third kappa shape index (κ3) is 8.12. The first-order chi connectivity index (χ1) is 22.6. The normalized spacial score (nSPS) is 19.1. The average molecular weight is 644 g/mol. The van der Waals surface area contributed by atoms with Crippen LogP contribution in [0.3, 0.4) is 0 Å². The maximum atomic E-state index is 12.6. The van der Waals surface area contributed by atoms with E-state index in [0.29, 0.717) is 56.6 Å². The van der Waals surface area contributed by atoms with Gasteiger partial charge in [-0.15, -0.1) is 0 Å². The van der Waals surface area contributed by atoms with Crippen molar-refractivity contribution in [2.75, 3.05) is 43.1 Å². The van der Waals surface area contributed by atoms with Crippen molar-refractivity contribution in [1.29, 1.82) is 0 Å². The first-order valence-electron chi connectivity index (χ1n) is 16.1. The number of nitrogens with zero attached hydrogens (tertiary/aromatic N) is 3. The van der Waals surface area contributed by atoms with Crippen LogP contribution in [-0.2, 0) is 20.8 Å². The van der Waals surface area contributed by atoms with Crippen LogP contribution in [0.1, 0.15) is 45.6 Å². The molecule has 3 amide bonds. The SMILES string of the molecule is CC(C)(C)OC(=O)N1CCCC1COc1cccc(-c2cccc(CNCC[C@H]3CN(c4ccc5c(n4)NC(=O)CO5)C(=O)O3)c2)c1. The molecule has 2 fully saturated rings. The van der Waals surface area contributed by atoms with Crippen LogP contribution in [0.5, 0.6) is 11.5 Å². The van der Waals surface area contributed by atoms with Crippen molar-refractivity contribution in [3.8, 4) is 22.6 Å². The molecule has 47 heavy (non-hydrogen) atoms. The summed E-state index contributed by atoms with van der Waals surface area (Å²) < 4.78 is 22.7. The zero-order valence-corrected chi connectivity index (χ0v) is 27.0. The van der Waals surface area contributed by atoms with Crippen LogP contribution in [0.4, 0.5) is 21.2 Å². The number of benzene rings is 2.